The standard InChI is InChI=1S/C19H17ClN2O/c1-12-5-7-14(15(20)10-12)13-6-8-18-17(11-13)22-19(23-18)16-4-2-3-9-21-16/h2-5,7,9-10,13H,6,8,11H2,1H3/t13-/m0/s1. The van der Waals surface area contributed by atoms with Crippen LogP contribution in [0.4, 0.5) is 0 Å². The summed E-state index contributed by atoms with van der Waals surface area (Å²) in [5.74, 6) is 2.01. The van der Waals surface area contributed by atoms with Crippen LogP contribution in [0.3, 0.4) is 0 Å². The number of fused-ring (bicyclic) bond motifs is 1. The minimum Gasteiger partial charge on any atom is -0.440 e. The lowest BCUT2D eigenvalue weighted by atomic mass is 9.84. The Kier molecular flexibility index (Phi) is 3.66. The fourth-order valence-electron chi connectivity index (χ4n) is 3.21. The molecule has 4 heteroatoms. The van der Waals surface area contributed by atoms with Gasteiger partial charge in [0.2, 0.25) is 5.89 Å². The summed E-state index contributed by atoms with van der Waals surface area (Å²) in [4.78, 5) is 8.99. The number of pyridine rings is 1. The van der Waals surface area contributed by atoms with E-state index in [0.717, 1.165) is 41.4 Å². The van der Waals surface area contributed by atoms with Crippen LogP contribution in [0.25, 0.3) is 11.6 Å². The molecule has 2 aromatic heterocycles. The summed E-state index contributed by atoms with van der Waals surface area (Å²) in [5, 5.41) is 0.854. The number of rotatable bonds is 2. The van der Waals surface area contributed by atoms with Crippen LogP contribution in [0.15, 0.2) is 47.0 Å². The van der Waals surface area contributed by atoms with E-state index in [2.05, 4.69) is 29.0 Å². The number of hydrogen-bond acceptors (Lipinski definition) is 3. The van der Waals surface area contributed by atoms with Crippen molar-refractivity contribution in [2.75, 3.05) is 0 Å². The zero-order valence-electron chi connectivity index (χ0n) is 12.9. The van der Waals surface area contributed by atoms with Gasteiger partial charge in [0.15, 0.2) is 0 Å². The van der Waals surface area contributed by atoms with Gasteiger partial charge in [0.1, 0.15) is 11.5 Å². The second kappa shape index (κ2) is 5.82. The van der Waals surface area contributed by atoms with E-state index in [-0.39, 0.29) is 0 Å². The largest absolute Gasteiger partial charge is 0.440 e. The third kappa shape index (κ3) is 2.77. The van der Waals surface area contributed by atoms with Crippen molar-refractivity contribution >= 4 is 11.6 Å². The highest BCUT2D eigenvalue weighted by Gasteiger charge is 2.26. The third-order valence-electron chi connectivity index (χ3n) is 4.42. The molecular weight excluding hydrogens is 308 g/mol. The highest BCUT2D eigenvalue weighted by molar-refractivity contribution is 6.31. The van der Waals surface area contributed by atoms with E-state index in [1.54, 1.807) is 6.20 Å². The maximum Gasteiger partial charge on any atom is 0.245 e. The highest BCUT2D eigenvalue weighted by atomic mass is 35.5. The molecule has 1 aromatic carbocycles. The van der Waals surface area contributed by atoms with E-state index in [1.165, 1.54) is 11.1 Å². The van der Waals surface area contributed by atoms with Crippen molar-refractivity contribution in [2.45, 2.75) is 32.1 Å². The number of aromatic nitrogens is 2. The summed E-state index contributed by atoms with van der Waals surface area (Å²) in [7, 11) is 0. The fourth-order valence-corrected chi connectivity index (χ4v) is 3.60. The van der Waals surface area contributed by atoms with Gasteiger partial charge in [-0.3, -0.25) is 4.98 Å². The topological polar surface area (TPSA) is 38.9 Å². The summed E-state index contributed by atoms with van der Waals surface area (Å²) in [6.07, 6.45) is 4.55. The number of halogens is 1. The van der Waals surface area contributed by atoms with Crippen molar-refractivity contribution < 1.29 is 4.42 Å². The summed E-state index contributed by atoms with van der Waals surface area (Å²) < 4.78 is 5.92. The molecule has 3 aromatic rings. The summed E-state index contributed by atoms with van der Waals surface area (Å²) in [6, 6.07) is 12.1. The molecule has 1 atom stereocenters. The first-order chi connectivity index (χ1) is 11.2. The molecule has 0 saturated heterocycles. The van der Waals surface area contributed by atoms with E-state index in [1.807, 2.05) is 24.3 Å². The van der Waals surface area contributed by atoms with Crippen LogP contribution in [0, 0.1) is 6.92 Å². The second-order valence-corrected chi connectivity index (χ2v) is 6.48. The molecule has 0 amide bonds. The summed E-state index contributed by atoms with van der Waals surface area (Å²) in [6.45, 7) is 2.06. The first kappa shape index (κ1) is 14.5. The second-order valence-electron chi connectivity index (χ2n) is 6.07. The average Bonchev–Trinajstić information content (AvgIpc) is 2.99. The first-order valence-corrected chi connectivity index (χ1v) is 8.24. The van der Waals surface area contributed by atoms with Crippen LogP contribution in [0.5, 0.6) is 0 Å². The molecule has 2 heterocycles. The molecule has 0 N–H and O–H groups in total. The minimum atomic E-state index is 0.400. The van der Waals surface area contributed by atoms with Gasteiger partial charge in [0.05, 0.1) is 5.69 Å². The van der Waals surface area contributed by atoms with Gasteiger partial charge in [0, 0.05) is 24.1 Å². The van der Waals surface area contributed by atoms with E-state index < -0.39 is 0 Å². The van der Waals surface area contributed by atoms with Crippen molar-refractivity contribution in [1.29, 1.82) is 0 Å². The highest BCUT2D eigenvalue weighted by Crippen LogP contribution is 2.37. The van der Waals surface area contributed by atoms with E-state index in [4.69, 9.17) is 16.0 Å². The number of benzene rings is 1. The van der Waals surface area contributed by atoms with Crippen molar-refractivity contribution in [3.8, 4) is 11.6 Å². The van der Waals surface area contributed by atoms with E-state index in [9.17, 15) is 0 Å². The van der Waals surface area contributed by atoms with Gasteiger partial charge in [-0.2, -0.15) is 0 Å². The molecule has 0 saturated carbocycles. The Morgan fingerprint density at radius 3 is 2.91 bits per heavy atom. The number of nitrogens with zero attached hydrogens (tertiary/aromatic N) is 2. The Bertz CT molecular complexity index is 842. The van der Waals surface area contributed by atoms with Gasteiger partial charge >= 0.3 is 0 Å². The van der Waals surface area contributed by atoms with Crippen LogP contribution in [0.2, 0.25) is 5.02 Å². The van der Waals surface area contributed by atoms with E-state index >= 15 is 0 Å². The Labute approximate surface area is 140 Å². The van der Waals surface area contributed by atoms with Crippen LogP contribution in [-0.2, 0) is 12.8 Å². The average molecular weight is 325 g/mol. The molecular formula is C19H17ClN2O. The predicted molar refractivity (Wildman–Crippen MR) is 90.7 cm³/mol. The lowest BCUT2D eigenvalue weighted by Gasteiger charge is -2.21. The van der Waals surface area contributed by atoms with Gasteiger partial charge in [-0.05, 0) is 48.6 Å². The van der Waals surface area contributed by atoms with Crippen molar-refractivity contribution in [2.24, 2.45) is 0 Å². The van der Waals surface area contributed by atoms with Crippen molar-refractivity contribution in [1.82, 2.24) is 9.97 Å². The molecule has 0 unspecified atom stereocenters. The number of oxazole rings is 1. The zero-order valence-corrected chi connectivity index (χ0v) is 13.7. The normalized spacial score (nSPS) is 17.0. The fraction of sp³-hybridized carbons (Fsp3) is 0.263. The smallest absolute Gasteiger partial charge is 0.245 e. The zero-order chi connectivity index (χ0) is 15.8. The van der Waals surface area contributed by atoms with Gasteiger partial charge < -0.3 is 4.42 Å². The lowest BCUT2D eigenvalue weighted by Crippen LogP contribution is -2.12. The maximum atomic E-state index is 6.44. The molecule has 0 spiro atoms. The Balaban J connectivity index is 1.63. The quantitative estimate of drug-likeness (QED) is 0.668. The number of aryl methyl sites for hydroxylation is 2. The minimum absolute atomic E-state index is 0.400. The van der Waals surface area contributed by atoms with Crippen LogP contribution in [-0.4, -0.2) is 9.97 Å². The maximum absolute atomic E-state index is 6.44. The number of hydrogen-bond donors (Lipinski definition) is 0. The van der Waals surface area contributed by atoms with Crippen LogP contribution < -0.4 is 0 Å². The van der Waals surface area contributed by atoms with Crippen molar-refractivity contribution in [3.05, 3.63) is 70.2 Å². The molecule has 0 bridgehead atoms. The molecule has 116 valence electrons. The predicted octanol–water partition coefficient (Wildman–Crippen LogP) is 4.97. The third-order valence-corrected chi connectivity index (χ3v) is 4.74. The van der Waals surface area contributed by atoms with Gasteiger partial charge in [-0.25, -0.2) is 4.98 Å². The molecule has 3 nitrogen and oxygen atoms in total. The molecule has 0 aliphatic heterocycles. The Morgan fingerprint density at radius 2 is 2.13 bits per heavy atom. The van der Waals surface area contributed by atoms with Gasteiger partial charge in [-0.1, -0.05) is 29.8 Å². The molecule has 1 aliphatic rings. The Hall–Kier alpha value is -2.13. The van der Waals surface area contributed by atoms with Gasteiger partial charge in [0.25, 0.3) is 0 Å². The van der Waals surface area contributed by atoms with Gasteiger partial charge in [-0.15, -0.1) is 0 Å². The molecule has 0 radical (unpaired) electrons. The lowest BCUT2D eigenvalue weighted by molar-refractivity contribution is 0.464. The molecule has 4 rings (SSSR count). The Morgan fingerprint density at radius 1 is 1.22 bits per heavy atom. The summed E-state index contributed by atoms with van der Waals surface area (Å²) >= 11 is 6.44. The SMILES string of the molecule is Cc1ccc([C@H]2CCc3oc(-c4ccccn4)nc3C2)c(Cl)c1. The summed E-state index contributed by atoms with van der Waals surface area (Å²) in [5.41, 5.74) is 4.23. The van der Waals surface area contributed by atoms with Crippen LogP contribution in [0.1, 0.15) is 34.9 Å². The monoisotopic (exact) mass is 324 g/mol. The molecule has 1 aliphatic carbocycles. The van der Waals surface area contributed by atoms with E-state index in [0.29, 0.717) is 11.8 Å². The molecule has 23 heavy (non-hydrogen) atoms. The first-order valence-electron chi connectivity index (χ1n) is 7.87. The van der Waals surface area contributed by atoms with Crippen molar-refractivity contribution in [3.63, 3.8) is 0 Å². The van der Waals surface area contributed by atoms with Crippen LogP contribution >= 0.6 is 11.6 Å². The molecule has 0 fully saturated rings.